The van der Waals surface area contributed by atoms with Crippen LogP contribution in [0.2, 0.25) is 0 Å². The molecule has 0 unspecified atom stereocenters. The number of unbranched alkanes of at least 4 members (excludes halogenated alkanes) is 1. The number of aliphatic carboxylic acids is 1. The zero-order valence-corrected chi connectivity index (χ0v) is 10.7. The zero-order valence-electron chi connectivity index (χ0n) is 10.7. The molecule has 0 aromatic carbocycles. The van der Waals surface area contributed by atoms with Gasteiger partial charge in [0.2, 0.25) is 0 Å². The highest BCUT2D eigenvalue weighted by Crippen LogP contribution is 2.35. The average Bonchev–Trinajstić information content (AvgIpc) is 2.21. The molecule has 0 heterocycles. The molecular weight excluding hydrogens is 220 g/mol. The largest absolute Gasteiger partial charge is 0.481 e. The van der Waals surface area contributed by atoms with Gasteiger partial charge in [-0.05, 0) is 25.7 Å². The molecule has 0 spiro atoms. The quantitative estimate of drug-likeness (QED) is 0.746. The van der Waals surface area contributed by atoms with E-state index in [4.69, 9.17) is 5.11 Å². The summed E-state index contributed by atoms with van der Waals surface area (Å²) < 4.78 is 0. The number of hydrogen-bond acceptors (Lipinski definition) is 2. The Morgan fingerprint density at radius 3 is 2.47 bits per heavy atom. The predicted molar refractivity (Wildman–Crippen MR) is 64.9 cm³/mol. The lowest BCUT2D eigenvalue weighted by atomic mass is 9.74. The van der Waals surface area contributed by atoms with E-state index >= 15 is 0 Å². The van der Waals surface area contributed by atoms with E-state index in [1.54, 1.807) is 11.9 Å². The molecule has 2 amide bonds. The molecule has 0 aromatic rings. The van der Waals surface area contributed by atoms with Gasteiger partial charge in [-0.1, -0.05) is 13.3 Å². The van der Waals surface area contributed by atoms with Crippen LogP contribution >= 0.6 is 0 Å². The lowest BCUT2D eigenvalue weighted by molar-refractivity contribution is -0.139. The van der Waals surface area contributed by atoms with Gasteiger partial charge in [-0.15, -0.1) is 0 Å². The molecule has 2 N–H and O–H groups in total. The fourth-order valence-corrected chi connectivity index (χ4v) is 2.06. The Morgan fingerprint density at radius 2 is 2.06 bits per heavy atom. The van der Waals surface area contributed by atoms with Gasteiger partial charge in [-0.25, -0.2) is 4.79 Å². The van der Waals surface area contributed by atoms with E-state index < -0.39 is 11.5 Å². The van der Waals surface area contributed by atoms with E-state index in [0.29, 0.717) is 6.54 Å². The molecule has 17 heavy (non-hydrogen) atoms. The third kappa shape index (κ3) is 3.91. The standard InChI is InChI=1S/C12H22N2O3/c1-3-4-8-14(2)11(17)13-12(6-5-7-12)9-10(15)16/h3-9H2,1-2H3,(H,13,17)(H,15,16). The highest BCUT2D eigenvalue weighted by molar-refractivity contribution is 5.77. The number of amides is 2. The van der Waals surface area contributed by atoms with E-state index in [9.17, 15) is 9.59 Å². The molecule has 1 aliphatic carbocycles. The molecule has 1 saturated carbocycles. The summed E-state index contributed by atoms with van der Waals surface area (Å²) in [5.41, 5.74) is -0.497. The van der Waals surface area contributed by atoms with Crippen LogP contribution < -0.4 is 5.32 Å². The smallest absolute Gasteiger partial charge is 0.317 e. The minimum absolute atomic E-state index is 0.0281. The number of rotatable bonds is 6. The molecule has 0 radical (unpaired) electrons. The van der Waals surface area contributed by atoms with Crippen LogP contribution in [-0.2, 0) is 4.79 Å². The van der Waals surface area contributed by atoms with Crippen molar-refractivity contribution in [2.24, 2.45) is 0 Å². The van der Waals surface area contributed by atoms with Gasteiger partial charge >= 0.3 is 12.0 Å². The van der Waals surface area contributed by atoms with Crippen molar-refractivity contribution in [3.05, 3.63) is 0 Å². The maximum absolute atomic E-state index is 11.9. The SMILES string of the molecule is CCCCN(C)C(=O)NC1(CC(=O)O)CCC1. The van der Waals surface area contributed by atoms with Crippen LogP contribution in [0.3, 0.4) is 0 Å². The molecule has 5 nitrogen and oxygen atoms in total. The van der Waals surface area contributed by atoms with E-state index in [1.807, 2.05) is 0 Å². The van der Waals surface area contributed by atoms with E-state index in [2.05, 4.69) is 12.2 Å². The third-order valence-electron chi connectivity index (χ3n) is 3.37. The van der Waals surface area contributed by atoms with Crippen molar-refractivity contribution in [2.75, 3.05) is 13.6 Å². The molecule has 1 rings (SSSR count). The van der Waals surface area contributed by atoms with E-state index in [1.165, 1.54) is 0 Å². The van der Waals surface area contributed by atoms with E-state index in [0.717, 1.165) is 32.1 Å². The number of carboxylic acids is 1. The molecular formula is C12H22N2O3. The Labute approximate surface area is 102 Å². The molecule has 0 aliphatic heterocycles. The number of nitrogens with zero attached hydrogens (tertiary/aromatic N) is 1. The Balaban J connectivity index is 2.45. The number of carboxylic acid groups (broad SMARTS) is 1. The highest BCUT2D eigenvalue weighted by atomic mass is 16.4. The first-order chi connectivity index (χ1) is 7.99. The van der Waals surface area contributed by atoms with Crippen LogP contribution in [0.15, 0.2) is 0 Å². The lowest BCUT2D eigenvalue weighted by Gasteiger charge is -2.42. The first kappa shape index (κ1) is 13.8. The van der Waals surface area contributed by atoms with Crippen LogP contribution in [0.25, 0.3) is 0 Å². The summed E-state index contributed by atoms with van der Waals surface area (Å²) in [4.78, 5) is 24.3. The molecule has 0 bridgehead atoms. The molecule has 0 aromatic heterocycles. The van der Waals surface area contributed by atoms with Gasteiger partial charge in [0.1, 0.15) is 0 Å². The van der Waals surface area contributed by atoms with Crippen molar-refractivity contribution in [1.82, 2.24) is 10.2 Å². The van der Waals surface area contributed by atoms with Crippen molar-refractivity contribution in [2.45, 2.75) is 51.0 Å². The van der Waals surface area contributed by atoms with Crippen LogP contribution in [0, 0.1) is 0 Å². The van der Waals surface area contributed by atoms with Crippen LogP contribution in [0.1, 0.15) is 45.4 Å². The Morgan fingerprint density at radius 1 is 1.41 bits per heavy atom. The summed E-state index contributed by atoms with van der Waals surface area (Å²) in [6.45, 7) is 2.79. The van der Waals surface area contributed by atoms with Crippen molar-refractivity contribution in [1.29, 1.82) is 0 Å². The Bertz CT molecular complexity index is 287. The van der Waals surface area contributed by atoms with Crippen LogP contribution in [-0.4, -0.2) is 41.1 Å². The average molecular weight is 242 g/mol. The molecule has 0 saturated heterocycles. The first-order valence-electron chi connectivity index (χ1n) is 6.24. The number of carbonyl (C=O) groups is 2. The summed E-state index contributed by atoms with van der Waals surface area (Å²) in [7, 11) is 1.75. The number of urea groups is 1. The second-order valence-corrected chi connectivity index (χ2v) is 4.91. The molecule has 1 aliphatic rings. The summed E-state index contributed by atoms with van der Waals surface area (Å²) in [5.74, 6) is -0.846. The third-order valence-corrected chi connectivity index (χ3v) is 3.37. The van der Waals surface area contributed by atoms with Crippen molar-refractivity contribution < 1.29 is 14.7 Å². The summed E-state index contributed by atoms with van der Waals surface area (Å²) in [6.07, 6.45) is 4.57. The molecule has 0 atom stereocenters. The fraction of sp³-hybridized carbons (Fsp3) is 0.833. The maximum Gasteiger partial charge on any atom is 0.317 e. The predicted octanol–water partition coefficient (Wildman–Crippen LogP) is 1.83. The molecule has 98 valence electrons. The maximum atomic E-state index is 11.9. The van der Waals surface area contributed by atoms with Gasteiger partial charge in [0.05, 0.1) is 12.0 Å². The summed E-state index contributed by atoms with van der Waals surface area (Å²) >= 11 is 0. The van der Waals surface area contributed by atoms with Crippen molar-refractivity contribution >= 4 is 12.0 Å². The fourth-order valence-electron chi connectivity index (χ4n) is 2.06. The zero-order chi connectivity index (χ0) is 12.9. The van der Waals surface area contributed by atoms with Gasteiger partial charge in [0.15, 0.2) is 0 Å². The van der Waals surface area contributed by atoms with Crippen LogP contribution in [0.4, 0.5) is 4.79 Å². The van der Waals surface area contributed by atoms with Crippen molar-refractivity contribution in [3.63, 3.8) is 0 Å². The molecule has 1 fully saturated rings. The first-order valence-corrected chi connectivity index (χ1v) is 6.24. The minimum atomic E-state index is -0.846. The number of carbonyl (C=O) groups excluding carboxylic acids is 1. The van der Waals surface area contributed by atoms with Crippen molar-refractivity contribution in [3.8, 4) is 0 Å². The van der Waals surface area contributed by atoms with E-state index in [-0.39, 0.29) is 12.5 Å². The van der Waals surface area contributed by atoms with Gasteiger partial charge in [-0.2, -0.15) is 0 Å². The Kier molecular flexibility index (Phi) is 4.78. The number of hydrogen-bond donors (Lipinski definition) is 2. The van der Waals surface area contributed by atoms with Gasteiger partial charge in [0.25, 0.3) is 0 Å². The molecule has 5 heteroatoms. The summed E-state index contributed by atoms with van der Waals surface area (Å²) in [5, 5.41) is 11.7. The van der Waals surface area contributed by atoms with Gasteiger partial charge < -0.3 is 15.3 Å². The van der Waals surface area contributed by atoms with Gasteiger partial charge in [-0.3, -0.25) is 4.79 Å². The second kappa shape index (κ2) is 5.89. The van der Waals surface area contributed by atoms with Crippen LogP contribution in [0.5, 0.6) is 0 Å². The number of nitrogens with one attached hydrogen (secondary N) is 1. The second-order valence-electron chi connectivity index (χ2n) is 4.91. The summed E-state index contributed by atoms with van der Waals surface area (Å²) in [6, 6.07) is -0.153. The topological polar surface area (TPSA) is 69.6 Å². The minimum Gasteiger partial charge on any atom is -0.481 e. The highest BCUT2D eigenvalue weighted by Gasteiger charge is 2.40. The normalized spacial score (nSPS) is 17.1. The lowest BCUT2D eigenvalue weighted by Crippen LogP contribution is -2.57. The van der Waals surface area contributed by atoms with Gasteiger partial charge in [0, 0.05) is 13.6 Å². The Hall–Kier alpha value is -1.26. The monoisotopic (exact) mass is 242 g/mol.